The highest BCUT2D eigenvalue weighted by molar-refractivity contribution is 9.10. The van der Waals surface area contributed by atoms with Crippen molar-refractivity contribution in [2.75, 3.05) is 0 Å². The predicted molar refractivity (Wildman–Crippen MR) is 123 cm³/mol. The van der Waals surface area contributed by atoms with Crippen LogP contribution in [0.25, 0.3) is 5.69 Å². The van der Waals surface area contributed by atoms with Gasteiger partial charge in [-0.25, -0.2) is 4.39 Å². The monoisotopic (exact) mass is 532 g/mol. The van der Waals surface area contributed by atoms with Gasteiger partial charge in [-0.05, 0) is 88.2 Å². The number of halogens is 5. The molecule has 0 saturated heterocycles. The van der Waals surface area contributed by atoms with Crippen LogP contribution in [0, 0.1) is 5.82 Å². The average Bonchev–Trinajstić information content (AvgIpc) is 3.29. The Morgan fingerprint density at radius 2 is 1.59 bits per heavy atom. The van der Waals surface area contributed by atoms with Gasteiger partial charge in [-0.15, -0.1) is 0 Å². The summed E-state index contributed by atoms with van der Waals surface area (Å²) < 4.78 is 59.2. The summed E-state index contributed by atoms with van der Waals surface area (Å²) in [5, 5.41) is 2.80. The van der Waals surface area contributed by atoms with Crippen molar-refractivity contribution in [2.45, 2.75) is 12.7 Å². The van der Waals surface area contributed by atoms with Crippen LogP contribution in [-0.2, 0) is 12.7 Å². The van der Waals surface area contributed by atoms with E-state index in [2.05, 4.69) is 21.2 Å². The molecule has 0 spiro atoms. The first-order chi connectivity index (χ1) is 16.2. The van der Waals surface area contributed by atoms with E-state index in [0.717, 1.165) is 17.7 Å². The van der Waals surface area contributed by atoms with Crippen molar-refractivity contribution < 1.29 is 27.1 Å². The van der Waals surface area contributed by atoms with Gasteiger partial charge in [0.1, 0.15) is 23.0 Å². The minimum absolute atomic E-state index is 0.212. The van der Waals surface area contributed by atoms with Gasteiger partial charge in [0.15, 0.2) is 0 Å². The third kappa shape index (κ3) is 5.48. The molecule has 0 atom stereocenters. The molecule has 174 valence electrons. The molecule has 0 aliphatic carbocycles. The molecule has 0 unspecified atom stereocenters. The van der Waals surface area contributed by atoms with Crippen molar-refractivity contribution in [3.63, 3.8) is 0 Å². The number of rotatable bonds is 6. The van der Waals surface area contributed by atoms with E-state index in [1.165, 1.54) is 34.9 Å². The molecule has 0 bridgehead atoms. The number of aromatic nitrogens is 1. The third-order valence-electron chi connectivity index (χ3n) is 4.94. The molecule has 4 aromatic rings. The van der Waals surface area contributed by atoms with Crippen molar-refractivity contribution in [3.05, 3.63) is 112 Å². The topological polar surface area (TPSA) is 43.3 Å². The predicted octanol–water partition coefficient (Wildman–Crippen LogP) is 7.12. The molecule has 4 rings (SSSR count). The van der Waals surface area contributed by atoms with Gasteiger partial charge in [0.25, 0.3) is 5.91 Å². The Balaban J connectivity index is 1.42. The Labute approximate surface area is 200 Å². The second-order valence-electron chi connectivity index (χ2n) is 7.31. The van der Waals surface area contributed by atoms with Crippen molar-refractivity contribution in [2.24, 2.45) is 0 Å². The Morgan fingerprint density at radius 1 is 0.941 bits per heavy atom. The van der Waals surface area contributed by atoms with Gasteiger partial charge >= 0.3 is 6.18 Å². The highest BCUT2D eigenvalue weighted by Gasteiger charge is 2.31. The first kappa shape index (κ1) is 23.6. The van der Waals surface area contributed by atoms with E-state index in [4.69, 9.17) is 4.74 Å². The zero-order chi connectivity index (χ0) is 24.3. The molecule has 34 heavy (non-hydrogen) atoms. The van der Waals surface area contributed by atoms with E-state index in [1.54, 1.807) is 42.6 Å². The summed E-state index contributed by atoms with van der Waals surface area (Å²) >= 11 is 3.17. The maximum absolute atomic E-state index is 13.0. The lowest BCUT2D eigenvalue weighted by atomic mass is 10.2. The molecule has 3 aromatic carbocycles. The molecule has 0 aliphatic rings. The lowest BCUT2D eigenvalue weighted by molar-refractivity contribution is -0.137. The molecule has 1 aromatic heterocycles. The maximum Gasteiger partial charge on any atom is 0.416 e. The van der Waals surface area contributed by atoms with Crippen LogP contribution in [0.5, 0.6) is 11.5 Å². The highest BCUT2D eigenvalue weighted by Crippen LogP contribution is 2.33. The van der Waals surface area contributed by atoms with Gasteiger partial charge in [0.05, 0.1) is 11.3 Å². The van der Waals surface area contributed by atoms with Gasteiger partial charge in [0.2, 0.25) is 0 Å². The maximum atomic E-state index is 13.0. The van der Waals surface area contributed by atoms with Crippen LogP contribution in [-0.4, -0.2) is 10.5 Å². The standard InChI is InChI=1S/C25H17BrF4N2O2/c26-21-14-17(25(28,29)30)5-12-22(21)32-13-1-2-23(32)24(33)31-15-16-3-8-19(9-4-16)34-20-10-6-18(27)7-11-20/h1-14H,15H2,(H,31,33). The van der Waals surface area contributed by atoms with Gasteiger partial charge in [-0.1, -0.05) is 12.1 Å². The van der Waals surface area contributed by atoms with Crippen LogP contribution in [0.15, 0.2) is 89.5 Å². The number of benzene rings is 3. The van der Waals surface area contributed by atoms with Crippen molar-refractivity contribution in [1.29, 1.82) is 0 Å². The third-order valence-corrected chi connectivity index (χ3v) is 5.58. The first-order valence-electron chi connectivity index (χ1n) is 10.1. The quantitative estimate of drug-likeness (QED) is 0.268. The molecule has 4 nitrogen and oxygen atoms in total. The molecule has 0 saturated carbocycles. The lowest BCUT2D eigenvalue weighted by Gasteiger charge is -2.14. The number of hydrogen-bond acceptors (Lipinski definition) is 2. The number of ether oxygens (including phenoxy) is 1. The summed E-state index contributed by atoms with van der Waals surface area (Å²) in [6, 6.07) is 19.2. The second kappa shape index (κ2) is 9.72. The normalized spacial score (nSPS) is 11.3. The Kier molecular flexibility index (Phi) is 6.74. The van der Waals surface area contributed by atoms with E-state index in [1.807, 2.05) is 0 Å². The Bertz CT molecular complexity index is 1300. The fraction of sp³-hybridized carbons (Fsp3) is 0.0800. The lowest BCUT2D eigenvalue weighted by Crippen LogP contribution is -2.25. The SMILES string of the molecule is O=C(NCc1ccc(Oc2ccc(F)cc2)cc1)c1cccn1-c1ccc(C(F)(F)F)cc1Br. The average molecular weight is 533 g/mol. The summed E-state index contributed by atoms with van der Waals surface area (Å²) in [5.74, 6) is 0.319. The molecule has 1 N–H and O–H groups in total. The molecule has 1 heterocycles. The van der Waals surface area contributed by atoms with Crippen LogP contribution < -0.4 is 10.1 Å². The number of alkyl halides is 3. The van der Waals surface area contributed by atoms with Crippen LogP contribution in [0.2, 0.25) is 0 Å². The van der Waals surface area contributed by atoms with Gasteiger partial charge in [-0.2, -0.15) is 13.2 Å². The van der Waals surface area contributed by atoms with Gasteiger partial charge in [-0.3, -0.25) is 4.79 Å². The first-order valence-corrected chi connectivity index (χ1v) is 10.8. The highest BCUT2D eigenvalue weighted by atomic mass is 79.9. The minimum Gasteiger partial charge on any atom is -0.457 e. The van der Waals surface area contributed by atoms with E-state index in [0.29, 0.717) is 17.2 Å². The Hall–Kier alpha value is -3.59. The zero-order valence-corrected chi connectivity index (χ0v) is 19.0. The summed E-state index contributed by atoms with van der Waals surface area (Å²) in [6.45, 7) is 0.231. The molecule has 9 heteroatoms. The fourth-order valence-electron chi connectivity index (χ4n) is 3.24. The summed E-state index contributed by atoms with van der Waals surface area (Å²) in [4.78, 5) is 12.8. The Morgan fingerprint density at radius 3 is 2.21 bits per heavy atom. The summed E-state index contributed by atoms with van der Waals surface area (Å²) in [6.07, 6.45) is -2.86. The number of amides is 1. The van der Waals surface area contributed by atoms with Crippen LogP contribution >= 0.6 is 15.9 Å². The summed E-state index contributed by atoms with van der Waals surface area (Å²) in [5.41, 5.74) is 0.712. The van der Waals surface area contributed by atoms with Crippen LogP contribution in [0.1, 0.15) is 21.6 Å². The van der Waals surface area contributed by atoms with E-state index < -0.39 is 11.7 Å². The van der Waals surface area contributed by atoms with Gasteiger partial charge in [0, 0.05) is 17.2 Å². The van der Waals surface area contributed by atoms with Gasteiger partial charge < -0.3 is 14.6 Å². The van der Waals surface area contributed by atoms with Crippen molar-refractivity contribution in [3.8, 4) is 17.2 Å². The molecule has 0 aliphatic heterocycles. The van der Waals surface area contributed by atoms with E-state index in [9.17, 15) is 22.4 Å². The zero-order valence-electron chi connectivity index (χ0n) is 17.4. The second-order valence-corrected chi connectivity index (χ2v) is 8.16. The molecule has 0 radical (unpaired) electrons. The molecule has 1 amide bonds. The number of nitrogens with one attached hydrogen (secondary N) is 1. The minimum atomic E-state index is -4.46. The largest absolute Gasteiger partial charge is 0.457 e. The van der Waals surface area contributed by atoms with E-state index >= 15 is 0 Å². The van der Waals surface area contributed by atoms with Crippen molar-refractivity contribution >= 4 is 21.8 Å². The number of hydrogen-bond donors (Lipinski definition) is 1. The van der Waals surface area contributed by atoms with Crippen molar-refractivity contribution in [1.82, 2.24) is 9.88 Å². The molecular formula is C25H17BrF4N2O2. The summed E-state index contributed by atoms with van der Waals surface area (Å²) in [7, 11) is 0. The number of carbonyl (C=O) groups excluding carboxylic acids is 1. The molecule has 0 fully saturated rings. The van der Waals surface area contributed by atoms with Crippen LogP contribution in [0.3, 0.4) is 0 Å². The molecular weight excluding hydrogens is 516 g/mol. The number of carbonyl (C=O) groups is 1. The van der Waals surface area contributed by atoms with E-state index in [-0.39, 0.29) is 28.4 Å². The number of nitrogens with zero attached hydrogens (tertiary/aromatic N) is 1. The van der Waals surface area contributed by atoms with Crippen LogP contribution in [0.4, 0.5) is 17.6 Å². The smallest absolute Gasteiger partial charge is 0.416 e. The fourth-order valence-corrected chi connectivity index (χ4v) is 3.81.